The van der Waals surface area contributed by atoms with Crippen LogP contribution in [0.1, 0.15) is 69.9 Å². The molecule has 8 heteroatoms. The van der Waals surface area contributed by atoms with Crippen molar-refractivity contribution in [3.05, 3.63) is 24.2 Å². The van der Waals surface area contributed by atoms with Crippen LogP contribution >= 0.6 is 0 Å². The second-order valence-corrected chi connectivity index (χ2v) is 9.26. The molecular weight excluding hydrogens is 406 g/mol. The summed E-state index contributed by atoms with van der Waals surface area (Å²) in [7, 11) is 0. The normalized spacial score (nSPS) is 25.2. The van der Waals surface area contributed by atoms with Crippen molar-refractivity contribution < 1.29 is 14.4 Å². The number of likely N-dealkylation sites (tertiary alicyclic amines) is 1. The third kappa shape index (κ3) is 7.53. The summed E-state index contributed by atoms with van der Waals surface area (Å²) in [6.45, 7) is 4.17. The Hall–Kier alpha value is -2.03. The van der Waals surface area contributed by atoms with Gasteiger partial charge in [0, 0.05) is 31.7 Å². The fourth-order valence-corrected chi connectivity index (χ4v) is 4.87. The highest BCUT2D eigenvalue weighted by Crippen LogP contribution is 2.28. The SMILES string of the molecule is O=C(C=Cc1cnc(N[C@@H]2CCCN(CCC3CCCC3)C2)cn1)NOC1CCCCO1. The summed E-state index contributed by atoms with van der Waals surface area (Å²) in [5.74, 6) is 1.39. The van der Waals surface area contributed by atoms with Gasteiger partial charge in [0.1, 0.15) is 5.82 Å². The maximum Gasteiger partial charge on any atom is 0.267 e. The third-order valence-electron chi connectivity index (χ3n) is 6.69. The number of carbonyl (C=O) groups excluding carboxylic acids is 1. The lowest BCUT2D eigenvalue weighted by atomic mass is 10.0. The van der Waals surface area contributed by atoms with E-state index >= 15 is 0 Å². The standard InChI is InChI=1S/C24H37N5O3/c30-23(28-32-24-9-3-4-15-31-24)11-10-20-16-26-22(17-25-20)27-21-8-5-13-29(18-21)14-12-19-6-1-2-7-19/h10-11,16-17,19,21,24H,1-9,12-15,18H2,(H,26,27)(H,28,30)/t21-,24?/m1/s1. The number of hydrogen-bond donors (Lipinski definition) is 2. The molecule has 3 fully saturated rings. The molecule has 32 heavy (non-hydrogen) atoms. The number of aromatic nitrogens is 2. The predicted octanol–water partition coefficient (Wildman–Crippen LogP) is 3.52. The zero-order valence-corrected chi connectivity index (χ0v) is 19.0. The van der Waals surface area contributed by atoms with Gasteiger partial charge in [0.25, 0.3) is 5.91 Å². The van der Waals surface area contributed by atoms with E-state index in [-0.39, 0.29) is 12.2 Å². The number of hydrogen-bond acceptors (Lipinski definition) is 7. The van der Waals surface area contributed by atoms with Gasteiger partial charge in [-0.2, -0.15) is 0 Å². The molecule has 1 unspecified atom stereocenters. The van der Waals surface area contributed by atoms with Crippen LogP contribution in [0.3, 0.4) is 0 Å². The number of anilines is 1. The summed E-state index contributed by atoms with van der Waals surface area (Å²) < 4.78 is 5.42. The van der Waals surface area contributed by atoms with Gasteiger partial charge < -0.3 is 15.0 Å². The first kappa shape index (κ1) is 23.1. The van der Waals surface area contributed by atoms with Crippen LogP contribution in [-0.4, -0.2) is 59.3 Å². The highest BCUT2D eigenvalue weighted by molar-refractivity contribution is 5.90. The molecular formula is C24H37N5O3. The molecule has 1 saturated carbocycles. The fraction of sp³-hybridized carbons (Fsp3) is 0.708. The van der Waals surface area contributed by atoms with Crippen LogP contribution in [0.25, 0.3) is 6.08 Å². The average Bonchev–Trinajstić information content (AvgIpc) is 3.36. The third-order valence-corrected chi connectivity index (χ3v) is 6.69. The number of carbonyl (C=O) groups is 1. The highest BCUT2D eigenvalue weighted by Gasteiger charge is 2.22. The minimum absolute atomic E-state index is 0.344. The van der Waals surface area contributed by atoms with E-state index in [2.05, 4.69) is 25.7 Å². The quantitative estimate of drug-likeness (QED) is 0.446. The topological polar surface area (TPSA) is 88.6 Å². The van der Waals surface area contributed by atoms with Crippen molar-refractivity contribution in [3.63, 3.8) is 0 Å². The highest BCUT2D eigenvalue weighted by atomic mass is 16.8. The lowest BCUT2D eigenvalue weighted by Gasteiger charge is -2.33. The summed E-state index contributed by atoms with van der Waals surface area (Å²) in [6, 6.07) is 0.410. The first-order chi connectivity index (χ1) is 15.7. The molecule has 3 heterocycles. The van der Waals surface area contributed by atoms with E-state index in [0.29, 0.717) is 18.3 Å². The van der Waals surface area contributed by atoms with Gasteiger partial charge >= 0.3 is 0 Å². The summed E-state index contributed by atoms with van der Waals surface area (Å²) >= 11 is 0. The number of hydroxylamine groups is 1. The summed E-state index contributed by atoms with van der Waals surface area (Å²) in [5.41, 5.74) is 3.03. The summed E-state index contributed by atoms with van der Waals surface area (Å²) in [4.78, 5) is 28.7. The van der Waals surface area contributed by atoms with Crippen LogP contribution in [0.2, 0.25) is 0 Å². The Kier molecular flexibility index (Phi) is 8.88. The molecule has 0 bridgehead atoms. The Morgan fingerprint density at radius 3 is 2.78 bits per heavy atom. The van der Waals surface area contributed by atoms with Crippen molar-refractivity contribution in [3.8, 4) is 0 Å². The van der Waals surface area contributed by atoms with Crippen LogP contribution in [0.5, 0.6) is 0 Å². The van der Waals surface area contributed by atoms with Crippen LogP contribution in [0.15, 0.2) is 18.5 Å². The molecule has 176 valence electrons. The van der Waals surface area contributed by atoms with Gasteiger partial charge in [0.2, 0.25) is 0 Å². The maximum absolute atomic E-state index is 11.9. The summed E-state index contributed by atoms with van der Waals surface area (Å²) in [5, 5.41) is 3.53. The smallest absolute Gasteiger partial charge is 0.267 e. The van der Waals surface area contributed by atoms with Gasteiger partial charge in [-0.05, 0) is 57.2 Å². The van der Waals surface area contributed by atoms with Crippen LogP contribution in [-0.2, 0) is 14.4 Å². The van der Waals surface area contributed by atoms with Crippen molar-refractivity contribution >= 4 is 17.8 Å². The molecule has 1 aromatic heterocycles. The van der Waals surface area contributed by atoms with Gasteiger partial charge in [-0.3, -0.25) is 9.78 Å². The van der Waals surface area contributed by atoms with E-state index in [4.69, 9.17) is 9.57 Å². The molecule has 1 aliphatic carbocycles. The molecule has 2 N–H and O–H groups in total. The molecule has 1 aromatic rings. The van der Waals surface area contributed by atoms with E-state index in [1.165, 1.54) is 57.7 Å². The molecule has 1 amide bonds. The Morgan fingerprint density at radius 1 is 1.12 bits per heavy atom. The maximum atomic E-state index is 11.9. The lowest BCUT2D eigenvalue weighted by molar-refractivity contribution is -0.198. The second-order valence-electron chi connectivity index (χ2n) is 9.26. The van der Waals surface area contributed by atoms with E-state index in [1.807, 2.05) is 0 Å². The van der Waals surface area contributed by atoms with Crippen LogP contribution in [0, 0.1) is 5.92 Å². The first-order valence-corrected chi connectivity index (χ1v) is 12.3. The monoisotopic (exact) mass is 443 g/mol. The number of rotatable bonds is 9. The molecule has 3 aliphatic rings. The predicted molar refractivity (Wildman–Crippen MR) is 124 cm³/mol. The number of ether oxygens (including phenoxy) is 1. The lowest BCUT2D eigenvalue weighted by Crippen LogP contribution is -2.42. The van der Waals surface area contributed by atoms with Crippen LogP contribution < -0.4 is 10.8 Å². The zero-order chi connectivity index (χ0) is 22.0. The molecule has 2 saturated heterocycles. The Balaban J connectivity index is 1.17. The largest absolute Gasteiger partial charge is 0.365 e. The number of nitrogens with zero attached hydrogens (tertiary/aromatic N) is 3. The van der Waals surface area contributed by atoms with Crippen molar-refractivity contribution in [2.24, 2.45) is 5.92 Å². The second kappa shape index (κ2) is 12.3. The molecule has 0 aromatic carbocycles. The first-order valence-electron chi connectivity index (χ1n) is 12.3. The zero-order valence-electron chi connectivity index (χ0n) is 19.0. The van der Waals surface area contributed by atoms with Gasteiger partial charge in [0.05, 0.1) is 18.1 Å². The van der Waals surface area contributed by atoms with Crippen molar-refractivity contribution in [2.45, 2.75) is 76.5 Å². The molecule has 4 rings (SSSR count). The van der Waals surface area contributed by atoms with Gasteiger partial charge in [-0.15, -0.1) is 0 Å². The molecule has 0 radical (unpaired) electrons. The van der Waals surface area contributed by atoms with Gasteiger partial charge in [-0.1, -0.05) is 25.7 Å². The minimum atomic E-state index is -0.357. The molecule has 0 spiro atoms. The van der Waals surface area contributed by atoms with E-state index in [0.717, 1.165) is 44.0 Å². The fourth-order valence-electron chi connectivity index (χ4n) is 4.87. The number of amides is 1. The number of piperidine rings is 1. The van der Waals surface area contributed by atoms with Crippen molar-refractivity contribution in [2.75, 3.05) is 31.6 Å². The molecule has 2 atom stereocenters. The summed E-state index contributed by atoms with van der Waals surface area (Å²) in [6.07, 6.45) is 18.4. The Bertz CT molecular complexity index is 730. The van der Waals surface area contributed by atoms with E-state index in [1.54, 1.807) is 18.5 Å². The van der Waals surface area contributed by atoms with Gasteiger partial charge in [0.15, 0.2) is 6.29 Å². The Labute approximate surface area is 191 Å². The molecule has 8 nitrogen and oxygen atoms in total. The van der Waals surface area contributed by atoms with E-state index in [9.17, 15) is 4.79 Å². The average molecular weight is 444 g/mol. The van der Waals surface area contributed by atoms with E-state index < -0.39 is 0 Å². The van der Waals surface area contributed by atoms with Crippen LogP contribution in [0.4, 0.5) is 5.82 Å². The number of nitrogens with one attached hydrogen (secondary N) is 2. The Morgan fingerprint density at radius 2 is 2.00 bits per heavy atom. The minimum Gasteiger partial charge on any atom is -0.365 e. The molecule has 2 aliphatic heterocycles. The van der Waals surface area contributed by atoms with Crippen molar-refractivity contribution in [1.29, 1.82) is 0 Å². The van der Waals surface area contributed by atoms with Crippen molar-refractivity contribution in [1.82, 2.24) is 20.3 Å². The van der Waals surface area contributed by atoms with Gasteiger partial charge in [-0.25, -0.2) is 15.3 Å².